The van der Waals surface area contributed by atoms with Crippen LogP contribution in [-0.4, -0.2) is 47.5 Å². The van der Waals surface area contributed by atoms with Crippen molar-refractivity contribution in [3.05, 3.63) is 5.82 Å². The van der Waals surface area contributed by atoms with Crippen LogP contribution in [0.25, 0.3) is 0 Å². The summed E-state index contributed by atoms with van der Waals surface area (Å²) in [5, 5.41) is 7.47. The minimum absolute atomic E-state index is 0.240. The van der Waals surface area contributed by atoms with Crippen molar-refractivity contribution in [2.45, 2.75) is 38.2 Å². The van der Waals surface area contributed by atoms with Gasteiger partial charge in [0.05, 0.1) is 6.10 Å². The molecule has 0 aromatic carbocycles. The van der Waals surface area contributed by atoms with E-state index >= 15 is 0 Å². The third-order valence-corrected chi connectivity index (χ3v) is 4.45. The second kappa shape index (κ2) is 5.46. The molecule has 2 saturated heterocycles. The second-order valence-corrected chi connectivity index (χ2v) is 5.66. The van der Waals surface area contributed by atoms with Gasteiger partial charge in [0.2, 0.25) is 5.95 Å². The summed E-state index contributed by atoms with van der Waals surface area (Å²) < 4.78 is 5.59. The molecule has 0 saturated carbocycles. The van der Waals surface area contributed by atoms with Gasteiger partial charge in [-0.2, -0.15) is 4.98 Å². The van der Waals surface area contributed by atoms with Gasteiger partial charge < -0.3 is 15.4 Å². The number of nitrogens with two attached hydrogens (primary N) is 1. The molecule has 0 radical (unpaired) electrons. The quantitative estimate of drug-likeness (QED) is 0.847. The van der Waals surface area contributed by atoms with Gasteiger partial charge >= 0.3 is 0 Å². The Bertz CT molecular complexity index is 413. The van der Waals surface area contributed by atoms with Crippen LogP contribution in [0.4, 0.5) is 5.95 Å². The molecule has 3 heterocycles. The summed E-state index contributed by atoms with van der Waals surface area (Å²) in [6.45, 7) is 5.74. The zero-order chi connectivity index (χ0) is 13.2. The monoisotopic (exact) mass is 265 g/mol. The summed E-state index contributed by atoms with van der Waals surface area (Å²) in [7, 11) is 0. The molecule has 6 nitrogen and oxygen atoms in total. The molecule has 2 unspecified atom stereocenters. The van der Waals surface area contributed by atoms with E-state index in [-0.39, 0.29) is 6.10 Å². The van der Waals surface area contributed by atoms with Gasteiger partial charge in [-0.05, 0) is 38.6 Å². The molecule has 2 atom stereocenters. The molecule has 3 rings (SSSR count). The molecule has 2 aliphatic heterocycles. The molecule has 0 spiro atoms. The van der Waals surface area contributed by atoms with Gasteiger partial charge in [-0.1, -0.05) is 0 Å². The fourth-order valence-electron chi connectivity index (χ4n) is 3.03. The summed E-state index contributed by atoms with van der Waals surface area (Å²) >= 11 is 0. The lowest BCUT2D eigenvalue weighted by molar-refractivity contribution is 0.117. The number of rotatable bonds is 3. The van der Waals surface area contributed by atoms with Crippen LogP contribution >= 0.6 is 0 Å². The normalized spacial score (nSPS) is 29.1. The van der Waals surface area contributed by atoms with Gasteiger partial charge in [-0.3, -0.25) is 5.10 Å². The van der Waals surface area contributed by atoms with E-state index in [0.29, 0.717) is 11.8 Å². The van der Waals surface area contributed by atoms with E-state index in [1.165, 1.54) is 0 Å². The Morgan fingerprint density at radius 1 is 1.37 bits per heavy atom. The minimum atomic E-state index is 0.240. The zero-order valence-corrected chi connectivity index (χ0v) is 11.5. The first kappa shape index (κ1) is 12.9. The van der Waals surface area contributed by atoms with E-state index in [4.69, 9.17) is 10.5 Å². The van der Waals surface area contributed by atoms with Gasteiger partial charge in [-0.15, -0.1) is 5.10 Å². The largest absolute Gasteiger partial charge is 0.378 e. The molecule has 1 aromatic heterocycles. The SMILES string of the molecule is CC1OCCC1c1nc(N2CCC(CN)CC2)n[nH]1. The van der Waals surface area contributed by atoms with Gasteiger partial charge in [0, 0.05) is 25.6 Å². The lowest BCUT2D eigenvalue weighted by Crippen LogP contribution is -2.36. The van der Waals surface area contributed by atoms with Crippen LogP contribution in [0.15, 0.2) is 0 Å². The van der Waals surface area contributed by atoms with E-state index in [9.17, 15) is 0 Å². The number of hydrogen-bond acceptors (Lipinski definition) is 5. The number of aromatic nitrogens is 3. The van der Waals surface area contributed by atoms with Crippen LogP contribution in [0, 0.1) is 5.92 Å². The molecule has 2 aliphatic rings. The van der Waals surface area contributed by atoms with Crippen LogP contribution in [0.1, 0.15) is 37.9 Å². The summed E-state index contributed by atoms with van der Waals surface area (Å²) in [5.74, 6) is 2.84. The Morgan fingerprint density at radius 2 is 2.16 bits per heavy atom. The van der Waals surface area contributed by atoms with E-state index < -0.39 is 0 Å². The number of nitrogens with zero attached hydrogens (tertiary/aromatic N) is 3. The second-order valence-electron chi connectivity index (χ2n) is 5.66. The molecule has 0 aliphatic carbocycles. The fourth-order valence-corrected chi connectivity index (χ4v) is 3.03. The fraction of sp³-hybridized carbons (Fsp3) is 0.846. The number of anilines is 1. The van der Waals surface area contributed by atoms with Crippen molar-refractivity contribution in [1.29, 1.82) is 0 Å². The molecule has 3 N–H and O–H groups in total. The number of aromatic amines is 1. The summed E-state index contributed by atoms with van der Waals surface area (Å²) in [4.78, 5) is 6.92. The van der Waals surface area contributed by atoms with Crippen molar-refractivity contribution in [2.75, 3.05) is 31.1 Å². The van der Waals surface area contributed by atoms with E-state index in [0.717, 1.165) is 57.3 Å². The molecular formula is C13H23N5O. The predicted molar refractivity (Wildman–Crippen MR) is 73.1 cm³/mol. The van der Waals surface area contributed by atoms with E-state index in [1.807, 2.05) is 0 Å². The Morgan fingerprint density at radius 3 is 2.79 bits per heavy atom. The molecule has 2 fully saturated rings. The smallest absolute Gasteiger partial charge is 0.244 e. The van der Waals surface area contributed by atoms with Crippen LogP contribution < -0.4 is 10.6 Å². The molecule has 19 heavy (non-hydrogen) atoms. The van der Waals surface area contributed by atoms with Crippen LogP contribution in [-0.2, 0) is 4.74 Å². The average molecular weight is 265 g/mol. The Hall–Kier alpha value is -1.14. The average Bonchev–Trinajstić information content (AvgIpc) is 3.07. The number of piperidine rings is 1. The highest BCUT2D eigenvalue weighted by Gasteiger charge is 2.29. The zero-order valence-electron chi connectivity index (χ0n) is 11.5. The Balaban J connectivity index is 1.65. The van der Waals surface area contributed by atoms with Crippen LogP contribution in [0.3, 0.4) is 0 Å². The highest BCUT2D eigenvalue weighted by atomic mass is 16.5. The van der Waals surface area contributed by atoms with Crippen molar-refractivity contribution >= 4 is 5.95 Å². The van der Waals surface area contributed by atoms with Crippen molar-refractivity contribution < 1.29 is 4.74 Å². The lowest BCUT2D eigenvalue weighted by Gasteiger charge is -2.30. The van der Waals surface area contributed by atoms with E-state index in [1.54, 1.807) is 0 Å². The van der Waals surface area contributed by atoms with Gasteiger partial charge in [-0.25, -0.2) is 0 Å². The topological polar surface area (TPSA) is 80.1 Å². The molecule has 106 valence electrons. The Labute approximate surface area is 113 Å². The molecule has 1 aromatic rings. The van der Waals surface area contributed by atoms with Gasteiger partial charge in [0.25, 0.3) is 0 Å². The first-order valence-electron chi connectivity index (χ1n) is 7.27. The molecule has 0 bridgehead atoms. The third-order valence-electron chi connectivity index (χ3n) is 4.45. The number of hydrogen-bond donors (Lipinski definition) is 2. The summed E-state index contributed by atoms with van der Waals surface area (Å²) in [6, 6.07) is 0. The predicted octanol–water partition coefficient (Wildman–Crippen LogP) is 0.872. The van der Waals surface area contributed by atoms with Crippen LogP contribution in [0.2, 0.25) is 0 Å². The molecular weight excluding hydrogens is 242 g/mol. The van der Waals surface area contributed by atoms with Crippen molar-refractivity contribution in [1.82, 2.24) is 15.2 Å². The maximum absolute atomic E-state index is 5.72. The minimum Gasteiger partial charge on any atom is -0.378 e. The molecule has 6 heteroatoms. The first-order valence-corrected chi connectivity index (χ1v) is 7.27. The standard InChI is InChI=1S/C13H23N5O/c1-9-11(4-7-19-9)12-15-13(17-16-12)18-5-2-10(8-14)3-6-18/h9-11H,2-8,14H2,1H3,(H,15,16,17). The van der Waals surface area contributed by atoms with Crippen molar-refractivity contribution in [3.63, 3.8) is 0 Å². The van der Waals surface area contributed by atoms with Crippen molar-refractivity contribution in [3.8, 4) is 0 Å². The number of H-pyrrole nitrogens is 1. The van der Waals surface area contributed by atoms with Gasteiger partial charge in [0.15, 0.2) is 0 Å². The number of ether oxygens (including phenoxy) is 1. The lowest BCUT2D eigenvalue weighted by atomic mass is 9.97. The highest BCUT2D eigenvalue weighted by Crippen LogP contribution is 2.30. The van der Waals surface area contributed by atoms with E-state index in [2.05, 4.69) is 27.0 Å². The Kier molecular flexibility index (Phi) is 3.70. The number of nitrogens with one attached hydrogen (secondary N) is 1. The first-order chi connectivity index (χ1) is 9.28. The maximum atomic E-state index is 5.72. The summed E-state index contributed by atoms with van der Waals surface area (Å²) in [6.07, 6.45) is 3.56. The maximum Gasteiger partial charge on any atom is 0.244 e. The highest BCUT2D eigenvalue weighted by molar-refractivity contribution is 5.30. The van der Waals surface area contributed by atoms with Crippen molar-refractivity contribution in [2.24, 2.45) is 11.7 Å². The third kappa shape index (κ3) is 2.60. The molecule has 0 amide bonds. The summed E-state index contributed by atoms with van der Waals surface area (Å²) in [5.41, 5.74) is 5.72. The van der Waals surface area contributed by atoms with Gasteiger partial charge in [0.1, 0.15) is 5.82 Å². The van der Waals surface area contributed by atoms with Crippen LogP contribution in [0.5, 0.6) is 0 Å².